The Hall–Kier alpha value is -2.54. The first-order chi connectivity index (χ1) is 15.9. The van der Waals surface area contributed by atoms with Gasteiger partial charge >= 0.3 is 5.97 Å². The molecule has 0 spiro atoms. The van der Waals surface area contributed by atoms with Crippen LogP contribution in [0, 0.1) is 5.82 Å². The molecule has 1 heterocycles. The molecular weight excluding hydrogens is 484 g/mol. The van der Waals surface area contributed by atoms with Gasteiger partial charge in [0.2, 0.25) is 5.76 Å². The van der Waals surface area contributed by atoms with Crippen molar-refractivity contribution in [1.29, 1.82) is 0 Å². The second kappa shape index (κ2) is 12.6. The van der Waals surface area contributed by atoms with Crippen LogP contribution < -0.4 is 0 Å². The average molecular weight is 506 g/mol. The van der Waals surface area contributed by atoms with Crippen molar-refractivity contribution < 1.29 is 19.0 Å². The van der Waals surface area contributed by atoms with Gasteiger partial charge < -0.3 is 9.84 Å². The molecule has 8 heteroatoms. The van der Waals surface area contributed by atoms with Crippen molar-refractivity contribution in [2.45, 2.75) is 29.9 Å². The molecule has 0 atom stereocenters. The van der Waals surface area contributed by atoms with E-state index in [1.54, 1.807) is 36.4 Å². The Morgan fingerprint density at radius 3 is 2.42 bits per heavy atom. The lowest BCUT2D eigenvalue weighted by molar-refractivity contribution is -0.136. The summed E-state index contributed by atoms with van der Waals surface area (Å²) in [6.07, 6.45) is 3.66. The van der Waals surface area contributed by atoms with Gasteiger partial charge in [0, 0.05) is 16.7 Å². The minimum Gasteiger partial charge on any atom is -0.486 e. The van der Waals surface area contributed by atoms with Gasteiger partial charge in [-0.15, -0.1) is 11.8 Å². The summed E-state index contributed by atoms with van der Waals surface area (Å²) in [4.78, 5) is 16.9. The monoisotopic (exact) mass is 505 g/mol. The molecule has 2 aromatic carbocycles. The Kier molecular flexibility index (Phi) is 9.61. The van der Waals surface area contributed by atoms with E-state index in [0.717, 1.165) is 29.0 Å². The number of aromatic nitrogens is 1. The van der Waals surface area contributed by atoms with Crippen LogP contribution in [0.5, 0.6) is 0 Å². The maximum atomic E-state index is 13.0. The first-order valence-electron chi connectivity index (χ1n) is 10.3. The lowest BCUT2D eigenvalue weighted by atomic mass is 10.1. The second-order valence-electron chi connectivity index (χ2n) is 7.14. The van der Waals surface area contributed by atoms with Crippen LogP contribution in [0.15, 0.2) is 71.3 Å². The van der Waals surface area contributed by atoms with Crippen LogP contribution in [-0.4, -0.2) is 22.7 Å². The highest BCUT2D eigenvalue weighted by Crippen LogP contribution is 2.35. The fourth-order valence-corrected chi connectivity index (χ4v) is 4.58. The predicted molar refractivity (Wildman–Crippen MR) is 131 cm³/mol. The van der Waals surface area contributed by atoms with E-state index in [0.29, 0.717) is 27.9 Å². The fraction of sp³-hybridized carbons (Fsp3) is 0.200. The number of nitrogens with zero attached hydrogens (tertiary/aromatic N) is 1. The number of hydrogen-bond donors (Lipinski definition) is 1. The summed E-state index contributed by atoms with van der Waals surface area (Å²) in [5, 5.41) is 10.6. The van der Waals surface area contributed by atoms with Crippen LogP contribution in [0.25, 0.3) is 6.08 Å². The summed E-state index contributed by atoms with van der Waals surface area (Å²) >= 11 is 13.9. The number of carbonyl (C=O) groups is 1. The fourth-order valence-electron chi connectivity index (χ4n) is 2.99. The number of ether oxygens (including phenoxy) is 1. The number of carboxylic acids is 1. The summed E-state index contributed by atoms with van der Waals surface area (Å²) in [7, 11) is 0. The van der Waals surface area contributed by atoms with Gasteiger partial charge in [0.15, 0.2) is 0 Å². The van der Waals surface area contributed by atoms with E-state index in [-0.39, 0.29) is 18.2 Å². The van der Waals surface area contributed by atoms with E-state index in [4.69, 9.17) is 27.9 Å². The molecule has 0 saturated carbocycles. The lowest BCUT2D eigenvalue weighted by Crippen LogP contribution is -2.07. The zero-order valence-electron chi connectivity index (χ0n) is 17.6. The van der Waals surface area contributed by atoms with Gasteiger partial charge in [-0.2, -0.15) is 0 Å². The zero-order chi connectivity index (χ0) is 23.6. The molecule has 0 bridgehead atoms. The molecule has 0 aliphatic heterocycles. The number of halogens is 3. The third kappa shape index (κ3) is 8.07. The topological polar surface area (TPSA) is 59.4 Å². The van der Waals surface area contributed by atoms with Crippen LogP contribution in [0.4, 0.5) is 4.39 Å². The number of aryl methyl sites for hydroxylation is 1. The van der Waals surface area contributed by atoms with Gasteiger partial charge in [0.05, 0.1) is 28.0 Å². The van der Waals surface area contributed by atoms with Gasteiger partial charge in [-0.1, -0.05) is 47.5 Å². The smallest absolute Gasteiger partial charge is 0.371 e. The minimum absolute atomic E-state index is 0.164. The number of unbranched alkanes of at least 4 members (excludes halogenated alkanes) is 1. The molecule has 1 N–H and O–H groups in total. The molecule has 0 aliphatic rings. The van der Waals surface area contributed by atoms with E-state index in [9.17, 15) is 14.3 Å². The molecule has 4 nitrogen and oxygen atoms in total. The van der Waals surface area contributed by atoms with Crippen molar-refractivity contribution >= 4 is 47.0 Å². The average Bonchev–Trinajstić information content (AvgIpc) is 2.79. The van der Waals surface area contributed by atoms with Crippen LogP contribution in [-0.2, 0) is 21.7 Å². The lowest BCUT2D eigenvalue weighted by Gasteiger charge is -2.08. The third-order valence-corrected chi connectivity index (χ3v) is 6.65. The number of benzene rings is 2. The highest BCUT2D eigenvalue weighted by Gasteiger charge is 2.11. The largest absolute Gasteiger partial charge is 0.486 e. The van der Waals surface area contributed by atoms with Gasteiger partial charge in [-0.25, -0.2) is 9.18 Å². The Morgan fingerprint density at radius 1 is 1.03 bits per heavy atom. The number of hydrogen-bond acceptors (Lipinski definition) is 4. The maximum absolute atomic E-state index is 13.0. The van der Waals surface area contributed by atoms with Crippen molar-refractivity contribution in [1.82, 2.24) is 4.98 Å². The zero-order valence-corrected chi connectivity index (χ0v) is 20.0. The standard InChI is InChI=1S/C25H22Cl2FNO3S/c26-21-8-4-9-22(27)24(21)33-16-20-7-3-6-19(29-20)15-23(25(30)31)32-14-2-1-5-17-10-12-18(28)13-11-17/h3-4,6-13,15H,1-2,5,14,16H2,(H,30,31)/b23-15+. The van der Waals surface area contributed by atoms with Crippen molar-refractivity contribution in [2.24, 2.45) is 0 Å². The maximum Gasteiger partial charge on any atom is 0.371 e. The highest BCUT2D eigenvalue weighted by atomic mass is 35.5. The van der Waals surface area contributed by atoms with Crippen LogP contribution in [0.2, 0.25) is 10.0 Å². The molecule has 3 aromatic rings. The van der Waals surface area contributed by atoms with Gasteiger partial charge in [0.25, 0.3) is 0 Å². The molecule has 0 unspecified atom stereocenters. The highest BCUT2D eigenvalue weighted by molar-refractivity contribution is 7.98. The van der Waals surface area contributed by atoms with Gasteiger partial charge in [-0.3, -0.25) is 4.98 Å². The van der Waals surface area contributed by atoms with Crippen molar-refractivity contribution in [3.8, 4) is 0 Å². The van der Waals surface area contributed by atoms with E-state index in [1.807, 2.05) is 12.1 Å². The molecule has 1 aromatic heterocycles. The molecule has 3 rings (SSSR count). The number of aliphatic carboxylic acids is 1. The Bertz CT molecular complexity index is 1100. The van der Waals surface area contributed by atoms with Crippen molar-refractivity contribution in [3.05, 3.63) is 99.2 Å². The molecule has 0 radical (unpaired) electrons. The quantitative estimate of drug-likeness (QED) is 0.128. The summed E-state index contributed by atoms with van der Waals surface area (Å²) in [6, 6.07) is 17.1. The van der Waals surface area contributed by atoms with Crippen LogP contribution in [0.3, 0.4) is 0 Å². The van der Waals surface area contributed by atoms with E-state index < -0.39 is 5.97 Å². The minimum atomic E-state index is -1.15. The Labute approximate surface area is 206 Å². The Balaban J connectivity index is 1.55. The SMILES string of the molecule is O=C(O)/C(=C\c1cccc(CSc2c(Cl)cccc2Cl)n1)OCCCCc1ccc(F)cc1. The van der Waals surface area contributed by atoms with Crippen LogP contribution in [0.1, 0.15) is 29.8 Å². The second-order valence-corrected chi connectivity index (χ2v) is 8.94. The molecule has 0 fully saturated rings. The number of pyridine rings is 1. The summed E-state index contributed by atoms with van der Waals surface area (Å²) in [6.45, 7) is 0.264. The van der Waals surface area contributed by atoms with Gasteiger partial charge in [-0.05, 0) is 61.2 Å². The van der Waals surface area contributed by atoms with E-state index in [2.05, 4.69) is 4.98 Å². The van der Waals surface area contributed by atoms with Crippen molar-refractivity contribution in [3.63, 3.8) is 0 Å². The molecule has 33 heavy (non-hydrogen) atoms. The first kappa shape index (κ1) is 25.1. The molecular formula is C25H22Cl2FNO3S. The number of carboxylic acid groups (broad SMARTS) is 1. The number of thioether (sulfide) groups is 1. The third-order valence-electron chi connectivity index (χ3n) is 4.63. The first-order valence-corrected chi connectivity index (χ1v) is 12.0. The van der Waals surface area contributed by atoms with Gasteiger partial charge in [0.1, 0.15) is 5.82 Å². The number of rotatable bonds is 11. The summed E-state index contributed by atoms with van der Waals surface area (Å²) < 4.78 is 18.4. The van der Waals surface area contributed by atoms with E-state index in [1.165, 1.54) is 30.0 Å². The van der Waals surface area contributed by atoms with Crippen LogP contribution >= 0.6 is 35.0 Å². The molecule has 0 aliphatic carbocycles. The Morgan fingerprint density at radius 2 is 1.73 bits per heavy atom. The molecule has 0 amide bonds. The summed E-state index contributed by atoms with van der Waals surface area (Å²) in [5.41, 5.74) is 2.28. The molecule has 0 saturated heterocycles. The molecule has 172 valence electrons. The van der Waals surface area contributed by atoms with Crippen molar-refractivity contribution in [2.75, 3.05) is 6.61 Å². The summed E-state index contributed by atoms with van der Waals surface area (Å²) in [5.74, 6) is -1.05. The predicted octanol–water partition coefficient (Wildman–Crippen LogP) is 7.28. The normalized spacial score (nSPS) is 11.4. The van der Waals surface area contributed by atoms with E-state index >= 15 is 0 Å².